The van der Waals surface area contributed by atoms with E-state index < -0.39 is 10.0 Å². The van der Waals surface area contributed by atoms with Gasteiger partial charge in [-0.3, -0.25) is 0 Å². The quantitative estimate of drug-likeness (QED) is 0.865. The third kappa shape index (κ3) is 3.92. The molecule has 0 amide bonds. The number of nitrogens with zero attached hydrogens (tertiary/aromatic N) is 1. The van der Waals surface area contributed by atoms with Crippen molar-refractivity contribution in [3.63, 3.8) is 0 Å². The highest BCUT2D eigenvalue weighted by Crippen LogP contribution is 2.15. The van der Waals surface area contributed by atoms with E-state index in [0.717, 1.165) is 38.2 Å². The first kappa shape index (κ1) is 14.3. The van der Waals surface area contributed by atoms with Gasteiger partial charge in [0.2, 0.25) is 0 Å². The van der Waals surface area contributed by atoms with Gasteiger partial charge in [-0.25, -0.2) is 13.4 Å². The summed E-state index contributed by atoms with van der Waals surface area (Å²) in [5.41, 5.74) is 0.930. The molecule has 2 rings (SSSR count). The third-order valence-electron chi connectivity index (χ3n) is 3.15. The summed E-state index contributed by atoms with van der Waals surface area (Å²) in [6, 6.07) is 6.83. The average molecular weight is 283 g/mol. The lowest BCUT2D eigenvalue weighted by Crippen LogP contribution is -2.44. The lowest BCUT2D eigenvalue weighted by molar-refractivity contribution is 0.200. The van der Waals surface area contributed by atoms with E-state index in [-0.39, 0.29) is 0 Å². The van der Waals surface area contributed by atoms with Crippen LogP contribution >= 0.6 is 0 Å². The highest BCUT2D eigenvalue weighted by molar-refractivity contribution is 7.89. The molecule has 1 aromatic rings. The molecule has 1 heterocycles. The van der Waals surface area contributed by atoms with Crippen molar-refractivity contribution in [3.8, 4) is 0 Å². The number of benzene rings is 1. The Balaban J connectivity index is 2.05. The first-order valence-corrected chi connectivity index (χ1v) is 8.21. The third-order valence-corrected chi connectivity index (χ3v) is 4.54. The minimum absolute atomic E-state index is 0.305. The van der Waals surface area contributed by atoms with E-state index in [1.165, 1.54) is 6.42 Å². The first-order chi connectivity index (χ1) is 9.12. The van der Waals surface area contributed by atoms with Crippen LogP contribution in [0.3, 0.4) is 0 Å². The van der Waals surface area contributed by atoms with E-state index in [9.17, 15) is 8.42 Å². The van der Waals surface area contributed by atoms with Gasteiger partial charge < -0.3 is 5.32 Å². The number of anilines is 1. The van der Waals surface area contributed by atoms with Crippen LogP contribution in [0.25, 0.3) is 0 Å². The zero-order valence-electron chi connectivity index (χ0n) is 11.2. The van der Waals surface area contributed by atoms with Crippen LogP contribution in [-0.2, 0) is 10.0 Å². The molecule has 0 atom stereocenters. The minimum Gasteiger partial charge on any atom is -0.385 e. The lowest BCUT2D eigenvalue weighted by Gasteiger charge is -2.26. The second-order valence-electron chi connectivity index (χ2n) is 4.70. The standard InChI is InChI=1S/C13H21N3O2S/c1-2-14-12-6-8-13(9-7-12)19(17,18)15-16-10-4-3-5-11-16/h6-9,14-15H,2-5,10-11H2,1H3. The molecule has 0 saturated carbocycles. The molecule has 0 aliphatic carbocycles. The van der Waals surface area contributed by atoms with Crippen LogP contribution in [-0.4, -0.2) is 33.1 Å². The summed E-state index contributed by atoms with van der Waals surface area (Å²) in [4.78, 5) is 2.95. The van der Waals surface area contributed by atoms with Crippen LogP contribution in [0.1, 0.15) is 26.2 Å². The van der Waals surface area contributed by atoms with E-state index in [2.05, 4.69) is 10.1 Å². The van der Waals surface area contributed by atoms with Crippen molar-refractivity contribution in [1.82, 2.24) is 9.84 Å². The zero-order valence-corrected chi connectivity index (χ0v) is 12.0. The van der Waals surface area contributed by atoms with Crippen LogP contribution in [0, 0.1) is 0 Å². The number of hydrazine groups is 1. The molecule has 1 fully saturated rings. The fourth-order valence-corrected chi connectivity index (χ4v) is 3.29. The summed E-state index contributed by atoms with van der Waals surface area (Å²) in [5, 5.41) is 4.93. The van der Waals surface area contributed by atoms with E-state index in [4.69, 9.17) is 0 Å². The van der Waals surface area contributed by atoms with Crippen molar-refractivity contribution in [2.24, 2.45) is 0 Å². The molecular weight excluding hydrogens is 262 g/mol. The highest BCUT2D eigenvalue weighted by atomic mass is 32.2. The van der Waals surface area contributed by atoms with Gasteiger partial charge in [0.1, 0.15) is 0 Å². The van der Waals surface area contributed by atoms with E-state index in [1.807, 2.05) is 6.92 Å². The highest BCUT2D eigenvalue weighted by Gasteiger charge is 2.19. The summed E-state index contributed by atoms with van der Waals surface area (Å²) in [5.74, 6) is 0. The summed E-state index contributed by atoms with van der Waals surface area (Å²) >= 11 is 0. The molecule has 2 N–H and O–H groups in total. The molecule has 6 heteroatoms. The predicted octanol–water partition coefficient (Wildman–Crippen LogP) is 1.80. The number of rotatable bonds is 5. The first-order valence-electron chi connectivity index (χ1n) is 6.73. The fraction of sp³-hybridized carbons (Fsp3) is 0.538. The van der Waals surface area contributed by atoms with Crippen molar-refractivity contribution in [2.45, 2.75) is 31.1 Å². The number of sulfonamides is 1. The molecule has 0 spiro atoms. The fourth-order valence-electron chi connectivity index (χ4n) is 2.16. The molecule has 1 aliphatic rings. The molecule has 1 aromatic carbocycles. The number of piperidine rings is 1. The second-order valence-corrected chi connectivity index (χ2v) is 6.36. The Kier molecular flexibility index (Phi) is 4.79. The van der Waals surface area contributed by atoms with Crippen molar-refractivity contribution >= 4 is 15.7 Å². The molecule has 0 bridgehead atoms. The summed E-state index contributed by atoms with van der Waals surface area (Å²) < 4.78 is 24.4. The maximum atomic E-state index is 12.2. The Morgan fingerprint density at radius 1 is 1.11 bits per heavy atom. The van der Waals surface area contributed by atoms with E-state index >= 15 is 0 Å². The Hall–Kier alpha value is -1.11. The average Bonchev–Trinajstić information content (AvgIpc) is 2.40. The molecule has 0 aromatic heterocycles. The Morgan fingerprint density at radius 3 is 2.32 bits per heavy atom. The summed E-state index contributed by atoms with van der Waals surface area (Å²) in [6.45, 7) is 4.39. The van der Waals surface area contributed by atoms with Crippen LogP contribution in [0.4, 0.5) is 5.69 Å². The lowest BCUT2D eigenvalue weighted by atomic mass is 10.2. The van der Waals surface area contributed by atoms with Crippen LogP contribution in [0.2, 0.25) is 0 Å². The molecule has 5 nitrogen and oxygen atoms in total. The summed E-state index contributed by atoms with van der Waals surface area (Å²) in [7, 11) is -3.44. The van der Waals surface area contributed by atoms with Crippen LogP contribution in [0.15, 0.2) is 29.2 Å². The predicted molar refractivity (Wildman–Crippen MR) is 76.4 cm³/mol. The molecule has 19 heavy (non-hydrogen) atoms. The normalized spacial score (nSPS) is 17.3. The largest absolute Gasteiger partial charge is 0.385 e. The monoisotopic (exact) mass is 283 g/mol. The molecule has 0 radical (unpaired) electrons. The molecule has 0 unspecified atom stereocenters. The van der Waals surface area contributed by atoms with Gasteiger partial charge in [-0.2, -0.15) is 0 Å². The van der Waals surface area contributed by atoms with Gasteiger partial charge in [0.05, 0.1) is 4.90 Å². The van der Waals surface area contributed by atoms with Crippen molar-refractivity contribution in [1.29, 1.82) is 0 Å². The van der Waals surface area contributed by atoms with Crippen molar-refractivity contribution in [3.05, 3.63) is 24.3 Å². The van der Waals surface area contributed by atoms with Gasteiger partial charge in [-0.1, -0.05) is 6.42 Å². The SMILES string of the molecule is CCNc1ccc(S(=O)(=O)NN2CCCCC2)cc1. The number of nitrogens with one attached hydrogen (secondary N) is 2. The molecule has 1 aliphatic heterocycles. The van der Waals surface area contributed by atoms with Gasteiger partial charge in [0.15, 0.2) is 0 Å². The molecule has 106 valence electrons. The Morgan fingerprint density at radius 2 is 1.74 bits per heavy atom. The van der Waals surface area contributed by atoms with Crippen LogP contribution in [0.5, 0.6) is 0 Å². The minimum atomic E-state index is -3.44. The van der Waals surface area contributed by atoms with E-state index in [1.54, 1.807) is 29.3 Å². The van der Waals surface area contributed by atoms with Gasteiger partial charge in [0.25, 0.3) is 10.0 Å². The number of hydrogen-bond acceptors (Lipinski definition) is 4. The Labute approximate surface area is 115 Å². The van der Waals surface area contributed by atoms with Gasteiger partial charge >= 0.3 is 0 Å². The van der Waals surface area contributed by atoms with Gasteiger partial charge in [-0.15, -0.1) is 4.83 Å². The maximum Gasteiger partial charge on any atom is 0.253 e. The molecular formula is C13H21N3O2S. The smallest absolute Gasteiger partial charge is 0.253 e. The summed E-state index contributed by atoms with van der Waals surface area (Å²) in [6.07, 6.45) is 3.26. The maximum absolute atomic E-state index is 12.2. The molecule has 1 saturated heterocycles. The van der Waals surface area contributed by atoms with Gasteiger partial charge in [-0.05, 0) is 44.0 Å². The van der Waals surface area contributed by atoms with Crippen molar-refractivity contribution in [2.75, 3.05) is 25.0 Å². The van der Waals surface area contributed by atoms with E-state index in [0.29, 0.717) is 4.90 Å². The van der Waals surface area contributed by atoms with Crippen LogP contribution < -0.4 is 10.1 Å². The topological polar surface area (TPSA) is 61.4 Å². The van der Waals surface area contributed by atoms with Crippen molar-refractivity contribution < 1.29 is 8.42 Å². The number of hydrogen-bond donors (Lipinski definition) is 2. The Bertz CT molecular complexity index is 493. The second kappa shape index (κ2) is 6.36. The van der Waals surface area contributed by atoms with Gasteiger partial charge in [0, 0.05) is 25.3 Å². The zero-order chi connectivity index (χ0) is 13.7.